The molecule has 2 aliphatic heterocycles. The lowest BCUT2D eigenvalue weighted by Crippen LogP contribution is -2.48. The van der Waals surface area contributed by atoms with E-state index >= 15 is 0 Å². The molecule has 0 bridgehead atoms. The molecule has 1 saturated carbocycles. The Morgan fingerprint density at radius 3 is 2.51 bits per heavy atom. The van der Waals surface area contributed by atoms with E-state index in [9.17, 15) is 14.7 Å². The van der Waals surface area contributed by atoms with E-state index in [0.29, 0.717) is 17.8 Å². The molecule has 0 spiro atoms. The molecule has 4 N–H and O–H groups in total. The second-order valence-electron chi connectivity index (χ2n) is 9.71. The molecule has 3 aliphatic rings. The fraction of sp³-hybridized carbons (Fsp3) is 0.481. The van der Waals surface area contributed by atoms with E-state index in [2.05, 4.69) is 16.0 Å². The Bertz CT molecular complexity index is 1040. The van der Waals surface area contributed by atoms with Crippen LogP contribution >= 0.6 is 0 Å². The van der Waals surface area contributed by atoms with Crippen molar-refractivity contribution in [3.8, 4) is 5.75 Å². The Balaban J connectivity index is 1.24. The number of urea groups is 1. The van der Waals surface area contributed by atoms with Gasteiger partial charge in [0.1, 0.15) is 18.0 Å². The minimum Gasteiger partial charge on any atom is -0.487 e. The third kappa shape index (κ3) is 5.60. The van der Waals surface area contributed by atoms with Crippen molar-refractivity contribution in [2.24, 2.45) is 0 Å². The number of aliphatic hydroxyl groups excluding tert-OH is 1. The summed E-state index contributed by atoms with van der Waals surface area (Å²) in [6.07, 6.45) is 5.39. The first-order valence-corrected chi connectivity index (χ1v) is 12.6. The van der Waals surface area contributed by atoms with Crippen LogP contribution < -0.4 is 20.7 Å². The number of fused-ring (bicyclic) bond motifs is 3. The lowest BCUT2D eigenvalue weighted by Gasteiger charge is -2.37. The number of benzene rings is 2. The summed E-state index contributed by atoms with van der Waals surface area (Å²) in [6, 6.07) is 14.7. The van der Waals surface area contributed by atoms with Gasteiger partial charge in [0.15, 0.2) is 0 Å². The van der Waals surface area contributed by atoms with Crippen LogP contribution in [0.25, 0.3) is 0 Å². The van der Waals surface area contributed by atoms with Gasteiger partial charge in [-0.15, -0.1) is 0 Å². The summed E-state index contributed by atoms with van der Waals surface area (Å²) >= 11 is 0. The molecule has 0 radical (unpaired) electrons. The lowest BCUT2D eigenvalue weighted by molar-refractivity contribution is -0.142. The van der Waals surface area contributed by atoms with Crippen molar-refractivity contribution in [2.75, 3.05) is 17.2 Å². The number of anilines is 2. The molecule has 3 amide bonds. The fourth-order valence-corrected chi connectivity index (χ4v) is 5.52. The molecule has 2 aromatic rings. The van der Waals surface area contributed by atoms with Gasteiger partial charge in [0.2, 0.25) is 5.91 Å². The first-order chi connectivity index (χ1) is 17.1. The number of hydrogen-bond acceptors (Lipinski definition) is 5. The number of para-hydroxylation sites is 1. The lowest BCUT2D eigenvalue weighted by atomic mass is 9.84. The Labute approximate surface area is 205 Å². The van der Waals surface area contributed by atoms with Crippen molar-refractivity contribution < 1.29 is 24.2 Å². The highest BCUT2D eigenvalue weighted by Crippen LogP contribution is 2.47. The number of hydrogen-bond donors (Lipinski definition) is 4. The average Bonchev–Trinajstić information content (AvgIpc) is 3.22. The normalized spacial score (nSPS) is 25.6. The molecule has 8 nitrogen and oxygen atoms in total. The van der Waals surface area contributed by atoms with E-state index in [1.54, 1.807) is 6.07 Å². The van der Waals surface area contributed by atoms with Crippen molar-refractivity contribution in [1.82, 2.24) is 5.32 Å². The largest absolute Gasteiger partial charge is 0.487 e. The Morgan fingerprint density at radius 1 is 0.971 bits per heavy atom. The summed E-state index contributed by atoms with van der Waals surface area (Å²) in [7, 11) is 0. The predicted octanol–water partition coefficient (Wildman–Crippen LogP) is 4.16. The summed E-state index contributed by atoms with van der Waals surface area (Å²) < 4.78 is 12.2. The number of rotatable bonds is 6. The van der Waals surface area contributed by atoms with E-state index in [1.165, 1.54) is 6.42 Å². The number of amides is 3. The third-order valence-electron chi connectivity index (χ3n) is 7.17. The summed E-state index contributed by atoms with van der Waals surface area (Å²) in [4.78, 5) is 25.1. The second-order valence-corrected chi connectivity index (χ2v) is 9.71. The number of carbonyl (C=O) groups excluding carboxylic acids is 2. The van der Waals surface area contributed by atoms with E-state index in [-0.39, 0.29) is 49.1 Å². The van der Waals surface area contributed by atoms with Gasteiger partial charge in [-0.05, 0) is 49.6 Å². The van der Waals surface area contributed by atoms with E-state index < -0.39 is 6.10 Å². The Kier molecular flexibility index (Phi) is 7.20. The summed E-state index contributed by atoms with van der Waals surface area (Å²) in [6.45, 7) is -0.180. The zero-order valence-corrected chi connectivity index (χ0v) is 19.7. The molecule has 4 atom stereocenters. The fourth-order valence-electron chi connectivity index (χ4n) is 5.52. The van der Waals surface area contributed by atoms with Gasteiger partial charge in [-0.25, -0.2) is 4.79 Å². The predicted molar refractivity (Wildman–Crippen MR) is 133 cm³/mol. The van der Waals surface area contributed by atoms with Gasteiger partial charge in [-0.3, -0.25) is 4.79 Å². The number of carbonyl (C=O) groups is 2. The summed E-state index contributed by atoms with van der Waals surface area (Å²) in [5.74, 6) is 0.704. The van der Waals surface area contributed by atoms with E-state index in [4.69, 9.17) is 9.47 Å². The van der Waals surface area contributed by atoms with Gasteiger partial charge in [0.05, 0.1) is 19.1 Å². The smallest absolute Gasteiger partial charge is 0.323 e. The highest BCUT2D eigenvalue weighted by molar-refractivity contribution is 5.99. The highest BCUT2D eigenvalue weighted by atomic mass is 16.6. The molecule has 1 aliphatic carbocycles. The SMILES string of the molecule is O=C(C[C@@H]1C[C@H]2c3cc(NC(=O)Nc4ccccc4)ccc3O[C@H]2[C@@H](CO)O1)NC1CCCCC1. The van der Waals surface area contributed by atoms with Crippen LogP contribution in [0.1, 0.15) is 56.4 Å². The van der Waals surface area contributed by atoms with Crippen LogP contribution in [0.4, 0.5) is 16.2 Å². The van der Waals surface area contributed by atoms with Crippen LogP contribution in [0.15, 0.2) is 48.5 Å². The third-order valence-corrected chi connectivity index (χ3v) is 7.17. The number of nitrogens with one attached hydrogen (secondary N) is 3. The van der Waals surface area contributed by atoms with Gasteiger partial charge in [-0.1, -0.05) is 37.5 Å². The maximum absolute atomic E-state index is 12.7. The monoisotopic (exact) mass is 479 g/mol. The summed E-state index contributed by atoms with van der Waals surface area (Å²) in [5, 5.41) is 18.8. The minimum absolute atomic E-state index is 0.00387. The highest BCUT2D eigenvalue weighted by Gasteiger charge is 2.46. The standard InChI is InChI=1S/C27H33N3O5/c31-16-24-26-22(14-20(34-24)15-25(32)28-17-7-3-1-4-8-17)21-13-19(11-12-23(21)35-26)30-27(33)29-18-9-5-2-6-10-18/h2,5-6,9-13,17,20,22,24,26,31H,1,3-4,7-8,14-16H2,(H,28,32)(H2,29,30,33)/t20-,22-,24+,26+/m0/s1. The Hall–Kier alpha value is -3.10. The first kappa shape index (κ1) is 23.6. The van der Waals surface area contributed by atoms with Gasteiger partial charge in [-0.2, -0.15) is 0 Å². The van der Waals surface area contributed by atoms with Crippen molar-refractivity contribution in [1.29, 1.82) is 0 Å². The maximum atomic E-state index is 12.7. The van der Waals surface area contributed by atoms with Crippen LogP contribution in [-0.2, 0) is 9.53 Å². The Morgan fingerprint density at radius 2 is 1.74 bits per heavy atom. The topological polar surface area (TPSA) is 109 Å². The quantitative estimate of drug-likeness (QED) is 0.497. The molecule has 0 aromatic heterocycles. The molecule has 0 unspecified atom stereocenters. The zero-order valence-electron chi connectivity index (χ0n) is 19.7. The number of ether oxygens (including phenoxy) is 2. The van der Waals surface area contributed by atoms with Crippen LogP contribution in [0, 0.1) is 0 Å². The molecule has 1 saturated heterocycles. The molecule has 186 valence electrons. The van der Waals surface area contributed by atoms with Gasteiger partial charge in [0, 0.05) is 28.9 Å². The van der Waals surface area contributed by atoms with Gasteiger partial charge < -0.3 is 30.5 Å². The van der Waals surface area contributed by atoms with Crippen molar-refractivity contribution in [3.05, 3.63) is 54.1 Å². The van der Waals surface area contributed by atoms with E-state index in [0.717, 1.165) is 37.0 Å². The number of aliphatic hydroxyl groups is 1. The van der Waals surface area contributed by atoms with Gasteiger partial charge in [0.25, 0.3) is 0 Å². The summed E-state index contributed by atoms with van der Waals surface area (Å²) in [5.41, 5.74) is 2.33. The molecule has 2 heterocycles. The van der Waals surface area contributed by atoms with Crippen LogP contribution in [0.2, 0.25) is 0 Å². The molecular formula is C27H33N3O5. The molecule has 2 aromatic carbocycles. The van der Waals surface area contributed by atoms with Crippen LogP contribution in [0.5, 0.6) is 5.75 Å². The molecular weight excluding hydrogens is 446 g/mol. The molecule has 2 fully saturated rings. The van der Waals surface area contributed by atoms with Crippen molar-refractivity contribution in [3.63, 3.8) is 0 Å². The molecule has 8 heteroatoms. The van der Waals surface area contributed by atoms with Gasteiger partial charge >= 0.3 is 6.03 Å². The molecule has 5 rings (SSSR count). The maximum Gasteiger partial charge on any atom is 0.323 e. The minimum atomic E-state index is -0.508. The average molecular weight is 480 g/mol. The first-order valence-electron chi connectivity index (χ1n) is 12.6. The van der Waals surface area contributed by atoms with Crippen LogP contribution in [0.3, 0.4) is 0 Å². The van der Waals surface area contributed by atoms with Crippen molar-refractivity contribution in [2.45, 2.75) is 75.2 Å². The second kappa shape index (κ2) is 10.7. The van der Waals surface area contributed by atoms with Crippen molar-refractivity contribution >= 4 is 23.3 Å². The molecule has 35 heavy (non-hydrogen) atoms. The zero-order chi connectivity index (χ0) is 24.2. The van der Waals surface area contributed by atoms with Crippen LogP contribution in [-0.4, -0.2) is 48.0 Å². The van der Waals surface area contributed by atoms with E-state index in [1.807, 2.05) is 42.5 Å².